The van der Waals surface area contributed by atoms with E-state index in [-0.39, 0.29) is 23.4 Å². The Hall–Kier alpha value is -3.96. The lowest BCUT2D eigenvalue weighted by Crippen LogP contribution is -2.44. The van der Waals surface area contributed by atoms with Crippen molar-refractivity contribution >= 4 is 46.9 Å². The minimum Gasteiger partial charge on any atom is -0.480 e. The van der Waals surface area contributed by atoms with E-state index >= 15 is 0 Å². The van der Waals surface area contributed by atoms with Gasteiger partial charge in [-0.1, -0.05) is 42.5 Å². The number of carbonyl (C=O) groups is 4. The average molecular weight is 533 g/mol. The summed E-state index contributed by atoms with van der Waals surface area (Å²) in [7, 11) is 0. The van der Waals surface area contributed by atoms with E-state index in [1.807, 2.05) is 24.3 Å². The SMILES string of the molecule is CC(=O)NC(CCC(=O)NNC(=O)c1ccccc1-c1ccc(Cn2nc(Cl)nc2Cl)cc1)C(=O)O. The molecule has 4 N–H and O–H groups in total. The lowest BCUT2D eigenvalue weighted by atomic mass is 9.98. The molecule has 3 aromatic rings. The molecular weight excluding hydrogens is 511 g/mol. The number of carboxylic acid groups (broad SMARTS) is 1. The van der Waals surface area contributed by atoms with Crippen LogP contribution in [0.3, 0.4) is 0 Å². The zero-order valence-electron chi connectivity index (χ0n) is 19.0. The van der Waals surface area contributed by atoms with E-state index in [2.05, 4.69) is 26.3 Å². The Morgan fingerprint density at radius 3 is 2.33 bits per heavy atom. The van der Waals surface area contributed by atoms with Crippen molar-refractivity contribution < 1.29 is 24.3 Å². The third-order valence-corrected chi connectivity index (χ3v) is 5.46. The van der Waals surface area contributed by atoms with E-state index in [1.54, 1.807) is 24.3 Å². The predicted molar refractivity (Wildman–Crippen MR) is 131 cm³/mol. The normalized spacial score (nSPS) is 11.4. The summed E-state index contributed by atoms with van der Waals surface area (Å²) in [5.41, 5.74) is 7.20. The summed E-state index contributed by atoms with van der Waals surface area (Å²) >= 11 is 11.7. The minimum absolute atomic E-state index is 0.0538. The Bertz CT molecular complexity index is 1280. The van der Waals surface area contributed by atoms with E-state index in [1.165, 1.54) is 11.6 Å². The molecule has 188 valence electrons. The molecule has 0 fully saturated rings. The number of amides is 3. The number of hydrazine groups is 1. The maximum atomic E-state index is 12.8. The number of aliphatic carboxylic acids is 1. The second-order valence-electron chi connectivity index (χ2n) is 7.68. The van der Waals surface area contributed by atoms with Crippen LogP contribution in [0.5, 0.6) is 0 Å². The number of aromatic nitrogens is 3. The first-order valence-electron chi connectivity index (χ1n) is 10.7. The van der Waals surface area contributed by atoms with E-state index in [4.69, 9.17) is 28.3 Å². The van der Waals surface area contributed by atoms with E-state index in [0.717, 1.165) is 11.1 Å². The number of rotatable bonds is 9. The largest absolute Gasteiger partial charge is 0.480 e. The molecule has 11 nitrogen and oxygen atoms in total. The molecule has 0 radical (unpaired) electrons. The molecule has 2 aromatic carbocycles. The molecule has 0 aliphatic rings. The molecule has 3 amide bonds. The van der Waals surface area contributed by atoms with Crippen molar-refractivity contribution in [2.75, 3.05) is 0 Å². The summed E-state index contributed by atoms with van der Waals surface area (Å²) in [6, 6.07) is 13.0. The van der Waals surface area contributed by atoms with Gasteiger partial charge < -0.3 is 10.4 Å². The molecule has 1 heterocycles. The van der Waals surface area contributed by atoms with Gasteiger partial charge in [0.25, 0.3) is 5.91 Å². The summed E-state index contributed by atoms with van der Waals surface area (Å²) in [6.45, 7) is 1.54. The Balaban J connectivity index is 1.62. The van der Waals surface area contributed by atoms with Crippen LogP contribution in [-0.2, 0) is 20.9 Å². The van der Waals surface area contributed by atoms with Crippen molar-refractivity contribution in [2.45, 2.75) is 32.4 Å². The van der Waals surface area contributed by atoms with Crippen molar-refractivity contribution in [2.24, 2.45) is 0 Å². The van der Waals surface area contributed by atoms with Gasteiger partial charge in [-0.2, -0.15) is 4.98 Å². The average Bonchev–Trinajstić information content (AvgIpc) is 3.16. The Labute approximate surface area is 215 Å². The molecule has 0 saturated carbocycles. The third-order valence-electron chi connectivity index (χ3n) is 5.02. The van der Waals surface area contributed by atoms with E-state index in [0.29, 0.717) is 17.7 Å². The van der Waals surface area contributed by atoms with Crippen LogP contribution in [0.2, 0.25) is 10.6 Å². The topological polar surface area (TPSA) is 155 Å². The summed E-state index contributed by atoms with van der Waals surface area (Å²) in [5, 5.41) is 15.6. The van der Waals surface area contributed by atoms with Crippen LogP contribution < -0.4 is 16.2 Å². The van der Waals surface area contributed by atoms with Gasteiger partial charge in [-0.25, -0.2) is 9.48 Å². The summed E-state index contributed by atoms with van der Waals surface area (Å²) < 4.78 is 1.46. The molecule has 36 heavy (non-hydrogen) atoms. The number of carboxylic acids is 1. The van der Waals surface area contributed by atoms with Crippen molar-refractivity contribution in [1.82, 2.24) is 30.9 Å². The highest BCUT2D eigenvalue weighted by molar-refractivity contribution is 6.31. The van der Waals surface area contributed by atoms with Crippen LogP contribution in [0.4, 0.5) is 0 Å². The number of nitrogens with zero attached hydrogens (tertiary/aromatic N) is 3. The quantitative estimate of drug-likeness (QED) is 0.308. The van der Waals surface area contributed by atoms with Crippen molar-refractivity contribution in [1.29, 1.82) is 0 Å². The fourth-order valence-corrected chi connectivity index (χ4v) is 3.72. The first-order valence-corrected chi connectivity index (χ1v) is 11.4. The van der Waals surface area contributed by atoms with Gasteiger partial charge in [-0.3, -0.25) is 25.2 Å². The van der Waals surface area contributed by atoms with Crippen molar-refractivity contribution in [3.05, 3.63) is 70.2 Å². The standard InChI is InChI=1S/C23H22Cl2N6O5/c1-13(32)26-18(21(35)36)10-11-19(33)28-29-20(34)17-5-3-2-4-16(17)15-8-6-14(7-9-15)12-31-23(25)27-22(24)30-31/h2-9,18H,10-12H2,1H3,(H,26,32)(H,28,33)(H,29,34)(H,35,36). The summed E-state index contributed by atoms with van der Waals surface area (Å²) in [4.78, 5) is 51.0. The van der Waals surface area contributed by atoms with Crippen LogP contribution in [0.25, 0.3) is 11.1 Å². The number of nitrogens with one attached hydrogen (secondary N) is 3. The first kappa shape index (κ1) is 26.6. The van der Waals surface area contributed by atoms with Gasteiger partial charge in [0.05, 0.1) is 6.54 Å². The van der Waals surface area contributed by atoms with E-state index in [9.17, 15) is 19.2 Å². The molecule has 1 unspecified atom stereocenters. The van der Waals surface area contributed by atoms with Gasteiger partial charge in [-0.05, 0) is 52.4 Å². The fourth-order valence-electron chi connectivity index (χ4n) is 3.33. The Morgan fingerprint density at radius 1 is 1.03 bits per heavy atom. The summed E-state index contributed by atoms with van der Waals surface area (Å²) in [6.07, 6.45) is -0.354. The van der Waals surface area contributed by atoms with Crippen LogP contribution in [0.1, 0.15) is 35.7 Å². The molecule has 0 aliphatic carbocycles. The summed E-state index contributed by atoms with van der Waals surface area (Å²) in [5.74, 6) is -2.93. The minimum atomic E-state index is -1.25. The molecular formula is C23H22Cl2N6O5. The molecule has 1 atom stereocenters. The zero-order chi connectivity index (χ0) is 26.2. The highest BCUT2D eigenvalue weighted by Crippen LogP contribution is 2.24. The van der Waals surface area contributed by atoms with Crippen molar-refractivity contribution in [3.63, 3.8) is 0 Å². The second kappa shape index (κ2) is 12.1. The van der Waals surface area contributed by atoms with Crippen molar-refractivity contribution in [3.8, 4) is 11.1 Å². The maximum Gasteiger partial charge on any atom is 0.326 e. The number of hydrogen-bond donors (Lipinski definition) is 4. The Kier molecular flexibility index (Phi) is 8.98. The van der Waals surface area contributed by atoms with Gasteiger partial charge in [-0.15, -0.1) is 5.10 Å². The van der Waals surface area contributed by atoms with Crippen LogP contribution in [0.15, 0.2) is 48.5 Å². The fraction of sp³-hybridized carbons (Fsp3) is 0.217. The Morgan fingerprint density at radius 2 is 1.72 bits per heavy atom. The first-order chi connectivity index (χ1) is 17.1. The van der Waals surface area contributed by atoms with Crippen LogP contribution in [-0.4, -0.2) is 49.6 Å². The van der Waals surface area contributed by atoms with Gasteiger partial charge in [0.15, 0.2) is 0 Å². The maximum absolute atomic E-state index is 12.8. The lowest BCUT2D eigenvalue weighted by molar-refractivity contribution is -0.141. The molecule has 1 aromatic heterocycles. The monoisotopic (exact) mass is 532 g/mol. The highest BCUT2D eigenvalue weighted by atomic mass is 35.5. The van der Waals surface area contributed by atoms with Gasteiger partial charge in [0, 0.05) is 18.9 Å². The van der Waals surface area contributed by atoms with Gasteiger partial charge in [0.2, 0.25) is 22.4 Å². The number of halogens is 2. The third kappa shape index (κ3) is 7.27. The van der Waals surface area contributed by atoms with Gasteiger partial charge in [0.1, 0.15) is 6.04 Å². The van der Waals surface area contributed by atoms with Crippen LogP contribution >= 0.6 is 23.2 Å². The van der Waals surface area contributed by atoms with Gasteiger partial charge >= 0.3 is 5.97 Å². The second-order valence-corrected chi connectivity index (χ2v) is 8.36. The van der Waals surface area contributed by atoms with Crippen LogP contribution in [0, 0.1) is 0 Å². The number of benzene rings is 2. The predicted octanol–water partition coefficient (Wildman–Crippen LogP) is 2.43. The molecule has 0 aliphatic heterocycles. The number of hydrogen-bond acceptors (Lipinski definition) is 6. The molecule has 0 spiro atoms. The highest BCUT2D eigenvalue weighted by Gasteiger charge is 2.20. The lowest BCUT2D eigenvalue weighted by Gasteiger charge is -2.14. The molecule has 13 heteroatoms. The zero-order valence-corrected chi connectivity index (χ0v) is 20.5. The molecule has 0 bridgehead atoms. The number of carbonyl (C=O) groups excluding carboxylic acids is 3. The smallest absolute Gasteiger partial charge is 0.326 e. The molecule has 0 saturated heterocycles. The molecule has 3 rings (SSSR count). The van der Waals surface area contributed by atoms with E-state index < -0.39 is 29.7 Å².